The van der Waals surface area contributed by atoms with Gasteiger partial charge in [-0.05, 0) is 43.0 Å². The summed E-state index contributed by atoms with van der Waals surface area (Å²) in [5.41, 5.74) is 3.56. The van der Waals surface area contributed by atoms with Gasteiger partial charge < -0.3 is 10.1 Å². The summed E-state index contributed by atoms with van der Waals surface area (Å²) in [6.07, 6.45) is 2.94. The molecule has 0 unspecified atom stereocenters. The van der Waals surface area contributed by atoms with E-state index in [1.165, 1.54) is 0 Å². The molecule has 1 saturated carbocycles. The Hall–Kier alpha value is -2.81. The number of aromatic nitrogens is 2. The van der Waals surface area contributed by atoms with E-state index in [0.717, 1.165) is 42.5 Å². The lowest BCUT2D eigenvalue weighted by Gasteiger charge is -2.16. The second-order valence-corrected chi connectivity index (χ2v) is 6.34. The Labute approximate surface area is 140 Å². The van der Waals surface area contributed by atoms with Crippen LogP contribution in [0, 0.1) is 18.3 Å². The lowest BCUT2D eigenvalue weighted by molar-refractivity contribution is 0.0945. The molecule has 2 heterocycles. The quantitative estimate of drug-likeness (QED) is 0.941. The minimum atomic E-state index is -0.151. The van der Waals surface area contributed by atoms with E-state index < -0.39 is 0 Å². The smallest absolute Gasteiger partial charge is 0.272 e. The zero-order valence-corrected chi connectivity index (χ0v) is 13.5. The summed E-state index contributed by atoms with van der Waals surface area (Å²) in [6.45, 7) is 3.30. The number of carbonyl (C=O) groups is 1. The van der Waals surface area contributed by atoms with Gasteiger partial charge >= 0.3 is 0 Å². The Bertz CT molecular complexity index is 859. The molecule has 0 saturated heterocycles. The normalized spacial score (nSPS) is 16.0. The maximum absolute atomic E-state index is 12.6. The van der Waals surface area contributed by atoms with Gasteiger partial charge in [-0.15, -0.1) is 0 Å². The maximum Gasteiger partial charge on any atom is 0.272 e. The summed E-state index contributed by atoms with van der Waals surface area (Å²) in [5, 5.41) is 16.6. The first-order chi connectivity index (χ1) is 11.7. The van der Waals surface area contributed by atoms with Crippen LogP contribution >= 0.6 is 0 Å². The first-order valence-electron chi connectivity index (χ1n) is 8.23. The first-order valence-corrected chi connectivity index (χ1v) is 8.23. The van der Waals surface area contributed by atoms with Crippen LogP contribution in [-0.2, 0) is 6.54 Å². The minimum absolute atomic E-state index is 0.151. The van der Waals surface area contributed by atoms with Crippen molar-refractivity contribution in [2.45, 2.75) is 38.8 Å². The highest BCUT2D eigenvalue weighted by atomic mass is 16.5. The van der Waals surface area contributed by atoms with Crippen molar-refractivity contribution in [3.8, 4) is 23.1 Å². The van der Waals surface area contributed by atoms with Gasteiger partial charge in [0.25, 0.3) is 5.91 Å². The lowest BCUT2D eigenvalue weighted by atomic mass is 9.98. The molecular formula is C18H18N4O2. The molecule has 1 aliphatic heterocycles. The monoisotopic (exact) mass is 322 g/mol. The highest BCUT2D eigenvalue weighted by Gasteiger charge is 2.31. The lowest BCUT2D eigenvalue weighted by Crippen LogP contribution is -2.26. The van der Waals surface area contributed by atoms with Crippen LogP contribution in [0.15, 0.2) is 18.2 Å². The third-order valence-electron chi connectivity index (χ3n) is 4.41. The van der Waals surface area contributed by atoms with Crippen LogP contribution in [0.25, 0.3) is 11.1 Å². The van der Waals surface area contributed by atoms with E-state index in [0.29, 0.717) is 23.7 Å². The van der Waals surface area contributed by atoms with Gasteiger partial charge in [0.05, 0.1) is 23.8 Å². The molecule has 2 aromatic rings. The van der Waals surface area contributed by atoms with Crippen molar-refractivity contribution < 1.29 is 9.53 Å². The van der Waals surface area contributed by atoms with Gasteiger partial charge in [-0.1, -0.05) is 6.07 Å². The van der Waals surface area contributed by atoms with Gasteiger partial charge in [-0.25, -0.2) is 4.68 Å². The number of amides is 1. The standard InChI is InChI=1S/C18H18N4O2/c1-11-9-12(10-19)3-6-14(11)15-16(17(23)20-13-4-5-13)21-22-7-2-8-24-18(15)22/h3,6,9,13H,2,4-5,7-8H2,1H3,(H,20,23). The average Bonchev–Trinajstić information content (AvgIpc) is 3.32. The van der Waals surface area contributed by atoms with Crippen molar-refractivity contribution in [3.63, 3.8) is 0 Å². The second-order valence-electron chi connectivity index (χ2n) is 6.34. The topological polar surface area (TPSA) is 79.9 Å². The summed E-state index contributed by atoms with van der Waals surface area (Å²) in [5.74, 6) is 0.497. The van der Waals surface area contributed by atoms with Crippen LogP contribution in [0.3, 0.4) is 0 Å². The summed E-state index contributed by atoms with van der Waals surface area (Å²) in [4.78, 5) is 12.6. The van der Waals surface area contributed by atoms with Crippen molar-refractivity contribution in [1.82, 2.24) is 15.1 Å². The highest BCUT2D eigenvalue weighted by Crippen LogP contribution is 2.38. The molecule has 1 aromatic carbocycles. The first kappa shape index (κ1) is 14.8. The largest absolute Gasteiger partial charge is 0.477 e. The zero-order valence-electron chi connectivity index (χ0n) is 13.5. The third-order valence-corrected chi connectivity index (χ3v) is 4.41. The number of nitriles is 1. The molecule has 1 fully saturated rings. The SMILES string of the molecule is Cc1cc(C#N)ccc1-c1c(C(=O)NC2CC2)nn2c1OCCC2. The number of aryl methyl sites for hydroxylation is 2. The fourth-order valence-corrected chi connectivity index (χ4v) is 3.02. The van der Waals surface area contributed by atoms with Crippen LogP contribution in [-0.4, -0.2) is 28.3 Å². The Balaban J connectivity index is 1.84. The van der Waals surface area contributed by atoms with Crippen LogP contribution < -0.4 is 10.1 Å². The van der Waals surface area contributed by atoms with Crippen molar-refractivity contribution in [3.05, 3.63) is 35.0 Å². The van der Waals surface area contributed by atoms with E-state index in [9.17, 15) is 4.79 Å². The number of benzene rings is 1. The number of nitrogens with one attached hydrogen (secondary N) is 1. The van der Waals surface area contributed by atoms with E-state index >= 15 is 0 Å². The molecule has 1 aliphatic carbocycles. The fourth-order valence-electron chi connectivity index (χ4n) is 3.02. The number of ether oxygens (including phenoxy) is 1. The molecule has 2 aliphatic rings. The van der Waals surface area contributed by atoms with Crippen LogP contribution in [0.5, 0.6) is 5.88 Å². The Morgan fingerprint density at radius 1 is 1.46 bits per heavy atom. The summed E-state index contributed by atoms with van der Waals surface area (Å²) < 4.78 is 7.60. The molecule has 122 valence electrons. The van der Waals surface area contributed by atoms with Crippen molar-refractivity contribution >= 4 is 5.91 Å². The molecule has 6 nitrogen and oxygen atoms in total. The van der Waals surface area contributed by atoms with E-state index in [-0.39, 0.29) is 11.9 Å². The van der Waals surface area contributed by atoms with Crippen molar-refractivity contribution in [2.75, 3.05) is 6.61 Å². The van der Waals surface area contributed by atoms with E-state index in [4.69, 9.17) is 10.00 Å². The summed E-state index contributed by atoms with van der Waals surface area (Å²) >= 11 is 0. The molecule has 0 atom stereocenters. The molecule has 0 spiro atoms. The molecular weight excluding hydrogens is 304 g/mol. The Morgan fingerprint density at radius 3 is 3.00 bits per heavy atom. The maximum atomic E-state index is 12.6. The summed E-state index contributed by atoms with van der Waals surface area (Å²) in [6, 6.07) is 7.87. The molecule has 24 heavy (non-hydrogen) atoms. The van der Waals surface area contributed by atoms with E-state index in [1.807, 2.05) is 19.1 Å². The molecule has 1 amide bonds. The van der Waals surface area contributed by atoms with Gasteiger partial charge in [-0.3, -0.25) is 4.79 Å². The van der Waals surface area contributed by atoms with Crippen LogP contribution in [0.4, 0.5) is 0 Å². The molecule has 6 heteroatoms. The number of hydrogen-bond acceptors (Lipinski definition) is 4. The van der Waals surface area contributed by atoms with E-state index in [1.54, 1.807) is 10.7 Å². The number of nitrogens with zero attached hydrogens (tertiary/aromatic N) is 3. The van der Waals surface area contributed by atoms with Gasteiger partial charge in [-0.2, -0.15) is 10.4 Å². The van der Waals surface area contributed by atoms with Crippen molar-refractivity contribution in [1.29, 1.82) is 5.26 Å². The summed E-state index contributed by atoms with van der Waals surface area (Å²) in [7, 11) is 0. The number of carbonyl (C=O) groups excluding carboxylic acids is 1. The average molecular weight is 322 g/mol. The fraction of sp³-hybridized carbons (Fsp3) is 0.389. The molecule has 1 N–H and O–H groups in total. The van der Waals surface area contributed by atoms with Gasteiger partial charge in [0.2, 0.25) is 5.88 Å². The molecule has 4 rings (SSSR count). The number of rotatable bonds is 3. The predicted molar refractivity (Wildman–Crippen MR) is 87.7 cm³/mol. The highest BCUT2D eigenvalue weighted by molar-refractivity contribution is 6.01. The van der Waals surface area contributed by atoms with Crippen LogP contribution in [0.2, 0.25) is 0 Å². The molecule has 0 radical (unpaired) electrons. The number of hydrogen-bond donors (Lipinski definition) is 1. The molecule has 1 aromatic heterocycles. The van der Waals surface area contributed by atoms with Gasteiger partial charge in [0.15, 0.2) is 5.69 Å². The Kier molecular flexibility index (Phi) is 3.49. The van der Waals surface area contributed by atoms with Gasteiger partial charge in [0.1, 0.15) is 0 Å². The van der Waals surface area contributed by atoms with Crippen molar-refractivity contribution in [2.24, 2.45) is 0 Å². The minimum Gasteiger partial charge on any atom is -0.477 e. The molecule has 0 bridgehead atoms. The number of fused-ring (bicyclic) bond motifs is 1. The second kappa shape index (κ2) is 5.68. The van der Waals surface area contributed by atoms with Gasteiger partial charge in [0, 0.05) is 19.0 Å². The van der Waals surface area contributed by atoms with Crippen LogP contribution in [0.1, 0.15) is 40.9 Å². The van der Waals surface area contributed by atoms with E-state index in [2.05, 4.69) is 16.5 Å². The third kappa shape index (κ3) is 2.52. The zero-order chi connectivity index (χ0) is 16.7. The Morgan fingerprint density at radius 2 is 2.29 bits per heavy atom. The predicted octanol–water partition coefficient (Wildman–Crippen LogP) is 2.40.